The molecule has 0 unspecified atom stereocenters. The quantitative estimate of drug-likeness (QED) is 0.610. The molecule has 0 radical (unpaired) electrons. The average Bonchev–Trinajstić information content (AvgIpc) is 2.46. The van der Waals surface area contributed by atoms with Gasteiger partial charge in [0.25, 0.3) is 0 Å². The van der Waals surface area contributed by atoms with Crippen LogP contribution in [-0.2, 0) is 0 Å². The highest BCUT2D eigenvalue weighted by Crippen LogP contribution is 2.19. The van der Waals surface area contributed by atoms with Crippen molar-refractivity contribution in [2.75, 3.05) is 19.6 Å². The Morgan fingerprint density at radius 2 is 2.42 bits per heavy atom. The van der Waals surface area contributed by atoms with Crippen LogP contribution in [0.25, 0.3) is 0 Å². The molecule has 0 aromatic rings. The first-order valence-electron chi connectivity index (χ1n) is 5.07. The zero-order valence-corrected chi connectivity index (χ0v) is 7.60. The van der Waals surface area contributed by atoms with Crippen LogP contribution in [0, 0.1) is 0 Å². The highest BCUT2D eigenvalue weighted by Gasteiger charge is 2.15. The predicted molar refractivity (Wildman–Crippen MR) is 51.2 cm³/mol. The lowest BCUT2D eigenvalue weighted by atomic mass is 10.1. The van der Waals surface area contributed by atoms with Crippen LogP contribution in [0.1, 0.15) is 25.7 Å². The van der Waals surface area contributed by atoms with Crippen molar-refractivity contribution in [2.45, 2.75) is 31.7 Å². The summed E-state index contributed by atoms with van der Waals surface area (Å²) in [7, 11) is 0. The summed E-state index contributed by atoms with van der Waals surface area (Å²) in [5.41, 5.74) is 1.68. The van der Waals surface area contributed by atoms with Crippen molar-refractivity contribution in [1.29, 1.82) is 0 Å². The Kier molecular flexibility index (Phi) is 2.79. The van der Waals surface area contributed by atoms with Crippen LogP contribution < -0.4 is 10.6 Å². The van der Waals surface area contributed by atoms with Crippen LogP contribution in [0.4, 0.5) is 0 Å². The molecule has 1 aliphatic heterocycles. The van der Waals surface area contributed by atoms with Gasteiger partial charge in [-0.05, 0) is 32.2 Å². The molecular weight excluding hydrogens is 148 g/mol. The van der Waals surface area contributed by atoms with Crippen LogP contribution in [-0.4, -0.2) is 25.7 Å². The molecule has 2 nitrogen and oxygen atoms in total. The SMILES string of the molecule is C1=C(CCNC2CNC2)CCC1. The fraction of sp³-hybridized carbons (Fsp3) is 0.800. The normalized spacial score (nSPS) is 23.8. The molecule has 0 saturated carbocycles. The molecule has 2 rings (SSSR count). The van der Waals surface area contributed by atoms with Gasteiger partial charge in [0, 0.05) is 19.1 Å². The molecule has 0 bridgehead atoms. The Bertz CT molecular complexity index is 171. The lowest BCUT2D eigenvalue weighted by Gasteiger charge is -2.28. The maximum absolute atomic E-state index is 3.54. The average molecular weight is 166 g/mol. The molecule has 1 fully saturated rings. The maximum atomic E-state index is 3.54. The van der Waals surface area contributed by atoms with Gasteiger partial charge in [0.05, 0.1) is 0 Å². The Labute approximate surface area is 74.4 Å². The molecular formula is C10H18N2. The van der Waals surface area contributed by atoms with Gasteiger partial charge in [-0.3, -0.25) is 0 Å². The monoisotopic (exact) mass is 166 g/mol. The Balaban J connectivity index is 1.55. The lowest BCUT2D eigenvalue weighted by molar-refractivity contribution is 0.368. The lowest BCUT2D eigenvalue weighted by Crippen LogP contribution is -2.55. The van der Waals surface area contributed by atoms with Crippen molar-refractivity contribution in [3.8, 4) is 0 Å². The van der Waals surface area contributed by atoms with Crippen molar-refractivity contribution in [1.82, 2.24) is 10.6 Å². The molecule has 0 amide bonds. The molecule has 1 heterocycles. The summed E-state index contributed by atoms with van der Waals surface area (Å²) in [6, 6.07) is 0.756. The van der Waals surface area contributed by atoms with Gasteiger partial charge in [-0.15, -0.1) is 0 Å². The number of allylic oxidation sites excluding steroid dienone is 1. The Morgan fingerprint density at radius 1 is 1.50 bits per heavy atom. The molecule has 2 N–H and O–H groups in total. The molecule has 12 heavy (non-hydrogen) atoms. The van der Waals surface area contributed by atoms with Crippen LogP contribution >= 0.6 is 0 Å². The summed E-state index contributed by atoms with van der Waals surface area (Å²) < 4.78 is 0. The molecule has 1 saturated heterocycles. The summed E-state index contributed by atoms with van der Waals surface area (Å²) in [6.45, 7) is 3.51. The molecule has 0 spiro atoms. The standard InChI is InChI=1S/C10H18N2/c1-2-4-9(3-1)5-6-12-10-7-11-8-10/h3,10-12H,1-2,4-8H2. The smallest absolute Gasteiger partial charge is 0.0317 e. The fourth-order valence-corrected chi connectivity index (χ4v) is 1.83. The van der Waals surface area contributed by atoms with E-state index in [0.717, 1.165) is 6.04 Å². The summed E-state index contributed by atoms with van der Waals surface area (Å²) in [5, 5.41) is 6.81. The van der Waals surface area contributed by atoms with Gasteiger partial charge in [0.2, 0.25) is 0 Å². The zero-order valence-electron chi connectivity index (χ0n) is 7.60. The first-order chi connectivity index (χ1) is 5.95. The summed E-state index contributed by atoms with van der Waals surface area (Å²) in [6.07, 6.45) is 7.75. The van der Waals surface area contributed by atoms with E-state index in [-0.39, 0.29) is 0 Å². The van der Waals surface area contributed by atoms with Crippen molar-refractivity contribution in [3.63, 3.8) is 0 Å². The first-order valence-corrected chi connectivity index (χ1v) is 5.07. The maximum Gasteiger partial charge on any atom is 0.0317 e. The van der Waals surface area contributed by atoms with E-state index < -0.39 is 0 Å². The molecule has 1 aliphatic carbocycles. The second-order valence-electron chi connectivity index (χ2n) is 3.81. The van der Waals surface area contributed by atoms with Gasteiger partial charge in [0.1, 0.15) is 0 Å². The van der Waals surface area contributed by atoms with Crippen LogP contribution in [0.2, 0.25) is 0 Å². The molecule has 0 aromatic heterocycles. The van der Waals surface area contributed by atoms with Crippen molar-refractivity contribution in [3.05, 3.63) is 11.6 Å². The van der Waals surface area contributed by atoms with Gasteiger partial charge in [-0.2, -0.15) is 0 Å². The second kappa shape index (κ2) is 4.06. The third-order valence-corrected chi connectivity index (χ3v) is 2.80. The summed E-state index contributed by atoms with van der Waals surface area (Å²) in [5.74, 6) is 0. The number of hydrogen-bond donors (Lipinski definition) is 2. The minimum Gasteiger partial charge on any atom is -0.314 e. The zero-order chi connectivity index (χ0) is 8.23. The van der Waals surface area contributed by atoms with Gasteiger partial charge in [-0.1, -0.05) is 11.6 Å². The first kappa shape index (κ1) is 8.27. The van der Waals surface area contributed by atoms with Gasteiger partial charge < -0.3 is 10.6 Å². The molecule has 2 heteroatoms. The van der Waals surface area contributed by atoms with Crippen LogP contribution in [0.5, 0.6) is 0 Å². The Hall–Kier alpha value is -0.340. The Morgan fingerprint density at radius 3 is 3.00 bits per heavy atom. The van der Waals surface area contributed by atoms with E-state index in [1.54, 1.807) is 5.57 Å². The van der Waals surface area contributed by atoms with E-state index in [9.17, 15) is 0 Å². The third kappa shape index (κ3) is 2.08. The van der Waals surface area contributed by atoms with Gasteiger partial charge in [-0.25, -0.2) is 0 Å². The highest BCUT2D eigenvalue weighted by molar-refractivity contribution is 5.07. The van der Waals surface area contributed by atoms with Crippen LogP contribution in [0.15, 0.2) is 11.6 Å². The van der Waals surface area contributed by atoms with Gasteiger partial charge in [0.15, 0.2) is 0 Å². The molecule has 0 atom stereocenters. The van der Waals surface area contributed by atoms with Crippen molar-refractivity contribution in [2.24, 2.45) is 0 Å². The summed E-state index contributed by atoms with van der Waals surface area (Å²) in [4.78, 5) is 0. The van der Waals surface area contributed by atoms with E-state index in [1.807, 2.05) is 0 Å². The minimum absolute atomic E-state index is 0.756. The summed E-state index contributed by atoms with van der Waals surface area (Å²) >= 11 is 0. The van der Waals surface area contributed by atoms with E-state index in [4.69, 9.17) is 0 Å². The number of nitrogens with one attached hydrogen (secondary N) is 2. The molecule has 68 valence electrons. The fourth-order valence-electron chi connectivity index (χ4n) is 1.83. The predicted octanol–water partition coefficient (Wildman–Crippen LogP) is 1.05. The number of hydrogen-bond acceptors (Lipinski definition) is 2. The van der Waals surface area contributed by atoms with E-state index >= 15 is 0 Å². The topological polar surface area (TPSA) is 24.1 Å². The van der Waals surface area contributed by atoms with Gasteiger partial charge >= 0.3 is 0 Å². The van der Waals surface area contributed by atoms with Crippen molar-refractivity contribution >= 4 is 0 Å². The molecule has 2 aliphatic rings. The van der Waals surface area contributed by atoms with E-state index in [2.05, 4.69) is 16.7 Å². The number of rotatable bonds is 4. The van der Waals surface area contributed by atoms with Crippen molar-refractivity contribution < 1.29 is 0 Å². The highest BCUT2D eigenvalue weighted by atomic mass is 15.1. The third-order valence-electron chi connectivity index (χ3n) is 2.80. The minimum atomic E-state index is 0.756. The largest absolute Gasteiger partial charge is 0.314 e. The van der Waals surface area contributed by atoms with E-state index in [1.165, 1.54) is 45.3 Å². The second-order valence-corrected chi connectivity index (χ2v) is 3.81. The molecule has 0 aromatic carbocycles. The van der Waals surface area contributed by atoms with E-state index in [0.29, 0.717) is 0 Å². The van der Waals surface area contributed by atoms with Crippen LogP contribution in [0.3, 0.4) is 0 Å².